The van der Waals surface area contributed by atoms with Crippen molar-refractivity contribution in [2.45, 2.75) is 411 Å². The fourth-order valence-corrected chi connectivity index (χ4v) is 11.4. The molecule has 2 atom stereocenters. The van der Waals surface area contributed by atoms with E-state index in [0.717, 1.165) is 51.4 Å². The van der Waals surface area contributed by atoms with Crippen molar-refractivity contribution in [1.82, 2.24) is 5.32 Å². The summed E-state index contributed by atoms with van der Waals surface area (Å²) in [5.74, 6) is -0.0206. The van der Waals surface area contributed by atoms with Gasteiger partial charge in [0.15, 0.2) is 0 Å². The predicted molar refractivity (Wildman–Crippen MR) is 352 cm³/mol. The second kappa shape index (κ2) is 69.6. The maximum absolute atomic E-state index is 12.5. The number of esters is 1. The number of amides is 1. The van der Waals surface area contributed by atoms with Crippen molar-refractivity contribution in [2.24, 2.45) is 0 Å². The van der Waals surface area contributed by atoms with E-state index in [2.05, 4.69) is 55.6 Å². The van der Waals surface area contributed by atoms with Crippen LogP contribution in [-0.4, -0.2) is 47.4 Å². The Morgan fingerprint density at radius 1 is 0.350 bits per heavy atom. The Hall–Kier alpha value is -1.92. The van der Waals surface area contributed by atoms with Crippen molar-refractivity contribution in [3.63, 3.8) is 0 Å². The average molecular weight is 1120 g/mol. The number of rotatable bonds is 68. The summed E-state index contributed by atoms with van der Waals surface area (Å²) in [5, 5.41) is 23.3. The van der Waals surface area contributed by atoms with E-state index < -0.39 is 12.1 Å². The summed E-state index contributed by atoms with van der Waals surface area (Å²) < 4.78 is 5.50. The van der Waals surface area contributed by atoms with Crippen molar-refractivity contribution < 1.29 is 24.5 Å². The first-order chi connectivity index (χ1) is 39.5. The lowest BCUT2D eigenvalue weighted by molar-refractivity contribution is -0.143. The van der Waals surface area contributed by atoms with Gasteiger partial charge in [-0.3, -0.25) is 9.59 Å². The third-order valence-electron chi connectivity index (χ3n) is 16.9. The number of unbranched alkanes of at least 4 members (excludes halogenated alkanes) is 51. The molecule has 472 valence electrons. The summed E-state index contributed by atoms with van der Waals surface area (Å²) >= 11 is 0. The van der Waals surface area contributed by atoms with Gasteiger partial charge in [-0.15, -0.1) is 0 Å². The molecule has 0 fully saturated rings. The lowest BCUT2D eigenvalue weighted by atomic mass is 10.0. The molecular formula is C74H141NO5. The highest BCUT2D eigenvalue weighted by Crippen LogP contribution is 2.19. The molecule has 0 aliphatic heterocycles. The molecule has 0 aromatic carbocycles. The number of hydrogen-bond acceptors (Lipinski definition) is 5. The van der Waals surface area contributed by atoms with E-state index in [1.807, 2.05) is 0 Å². The Kier molecular flexibility index (Phi) is 67.9. The number of hydrogen-bond donors (Lipinski definition) is 3. The molecule has 1 amide bonds. The molecule has 80 heavy (non-hydrogen) atoms. The second-order valence-corrected chi connectivity index (χ2v) is 24.9. The third kappa shape index (κ3) is 65.2. The maximum atomic E-state index is 12.5. The van der Waals surface area contributed by atoms with Crippen LogP contribution in [0.1, 0.15) is 399 Å². The van der Waals surface area contributed by atoms with E-state index in [4.69, 9.17) is 4.74 Å². The number of nitrogens with one attached hydrogen (secondary N) is 1. The van der Waals surface area contributed by atoms with E-state index in [-0.39, 0.29) is 18.5 Å². The highest BCUT2D eigenvalue weighted by atomic mass is 16.5. The molecular weight excluding hydrogens is 983 g/mol. The van der Waals surface area contributed by atoms with Crippen LogP contribution in [0.3, 0.4) is 0 Å². The maximum Gasteiger partial charge on any atom is 0.305 e. The summed E-state index contributed by atoms with van der Waals surface area (Å²) in [4.78, 5) is 24.6. The summed E-state index contributed by atoms with van der Waals surface area (Å²) in [6, 6.07) is -0.540. The largest absolute Gasteiger partial charge is 0.466 e. The van der Waals surface area contributed by atoms with Gasteiger partial charge >= 0.3 is 5.97 Å². The normalized spacial score (nSPS) is 12.7. The van der Waals surface area contributed by atoms with Crippen LogP contribution in [0.4, 0.5) is 0 Å². The molecule has 0 rings (SSSR count). The fourth-order valence-electron chi connectivity index (χ4n) is 11.4. The van der Waals surface area contributed by atoms with Gasteiger partial charge in [-0.25, -0.2) is 0 Å². The van der Waals surface area contributed by atoms with Crippen LogP contribution in [0.5, 0.6) is 0 Å². The van der Waals surface area contributed by atoms with Gasteiger partial charge in [0.1, 0.15) is 0 Å². The minimum Gasteiger partial charge on any atom is -0.466 e. The van der Waals surface area contributed by atoms with E-state index in [1.54, 1.807) is 0 Å². The SMILES string of the molecule is CCCCCC/C=C\C/C=C\CCCCCCCCCC(=O)OCCCCCCCCCCCCCC/C=C\CCCCCCCCCCCCCCCCC(=O)NC(CO)C(O)CCCCCCCCCCCCCCCCC. The molecule has 0 saturated carbocycles. The first kappa shape index (κ1) is 78.1. The van der Waals surface area contributed by atoms with Gasteiger partial charge in [0.2, 0.25) is 5.91 Å². The smallest absolute Gasteiger partial charge is 0.305 e. The molecule has 0 aliphatic rings. The van der Waals surface area contributed by atoms with E-state index in [0.29, 0.717) is 25.9 Å². The van der Waals surface area contributed by atoms with Gasteiger partial charge in [-0.2, -0.15) is 0 Å². The zero-order chi connectivity index (χ0) is 57.8. The molecule has 6 nitrogen and oxygen atoms in total. The third-order valence-corrected chi connectivity index (χ3v) is 16.9. The van der Waals surface area contributed by atoms with Crippen LogP contribution in [0.15, 0.2) is 36.5 Å². The second-order valence-electron chi connectivity index (χ2n) is 24.9. The van der Waals surface area contributed by atoms with Crippen LogP contribution < -0.4 is 5.32 Å². The zero-order valence-corrected chi connectivity index (χ0v) is 54.1. The summed E-state index contributed by atoms with van der Waals surface area (Å²) in [5.41, 5.74) is 0. The lowest BCUT2D eigenvalue weighted by Gasteiger charge is -2.22. The summed E-state index contributed by atoms with van der Waals surface area (Å²) in [7, 11) is 0. The molecule has 0 aromatic rings. The number of ether oxygens (including phenoxy) is 1. The molecule has 0 spiro atoms. The minimum atomic E-state index is -0.663. The topological polar surface area (TPSA) is 95.9 Å². The molecule has 0 radical (unpaired) electrons. The molecule has 0 heterocycles. The monoisotopic (exact) mass is 1120 g/mol. The van der Waals surface area contributed by atoms with E-state index in [1.165, 1.54) is 315 Å². The number of aliphatic hydroxyl groups excluding tert-OH is 2. The molecule has 0 bridgehead atoms. The van der Waals surface area contributed by atoms with Crippen molar-refractivity contribution >= 4 is 11.9 Å². The van der Waals surface area contributed by atoms with E-state index >= 15 is 0 Å². The number of carbonyl (C=O) groups excluding carboxylic acids is 2. The predicted octanol–water partition coefficient (Wildman–Crippen LogP) is 23.5. The molecule has 2 unspecified atom stereocenters. The van der Waals surface area contributed by atoms with Crippen molar-refractivity contribution in [3.8, 4) is 0 Å². The molecule has 3 N–H and O–H groups in total. The molecule has 0 aromatic heterocycles. The molecule has 0 saturated heterocycles. The van der Waals surface area contributed by atoms with E-state index in [9.17, 15) is 19.8 Å². The average Bonchev–Trinajstić information content (AvgIpc) is 3.46. The number of allylic oxidation sites excluding steroid dienone is 6. The van der Waals surface area contributed by atoms with Gasteiger partial charge in [-0.1, -0.05) is 339 Å². The van der Waals surface area contributed by atoms with Crippen LogP contribution in [0.25, 0.3) is 0 Å². The first-order valence-corrected chi connectivity index (χ1v) is 36.2. The van der Waals surface area contributed by atoms with Gasteiger partial charge in [0.25, 0.3) is 0 Å². The summed E-state index contributed by atoms with van der Waals surface area (Å²) in [6.07, 6.45) is 89.1. The Balaban J connectivity index is 3.35. The minimum absolute atomic E-state index is 0.0102. The summed E-state index contributed by atoms with van der Waals surface area (Å²) in [6.45, 7) is 4.96. The Labute approximate surface area is 500 Å². The fraction of sp³-hybridized carbons (Fsp3) is 0.892. The van der Waals surface area contributed by atoms with Gasteiger partial charge in [-0.05, 0) is 83.5 Å². The first-order valence-electron chi connectivity index (χ1n) is 36.2. The highest BCUT2D eigenvalue weighted by molar-refractivity contribution is 5.76. The highest BCUT2D eigenvalue weighted by Gasteiger charge is 2.20. The quantitative estimate of drug-likeness (QED) is 0.0320. The Bertz CT molecular complexity index is 1300. The number of carbonyl (C=O) groups is 2. The van der Waals surface area contributed by atoms with Gasteiger partial charge < -0.3 is 20.3 Å². The lowest BCUT2D eigenvalue weighted by Crippen LogP contribution is -2.45. The Morgan fingerprint density at radius 2 is 0.625 bits per heavy atom. The van der Waals surface area contributed by atoms with Crippen molar-refractivity contribution in [3.05, 3.63) is 36.5 Å². The van der Waals surface area contributed by atoms with Crippen LogP contribution >= 0.6 is 0 Å². The van der Waals surface area contributed by atoms with Crippen molar-refractivity contribution in [1.29, 1.82) is 0 Å². The zero-order valence-electron chi connectivity index (χ0n) is 54.1. The van der Waals surface area contributed by atoms with Crippen molar-refractivity contribution in [2.75, 3.05) is 13.2 Å². The molecule has 0 aliphatic carbocycles. The van der Waals surface area contributed by atoms with Gasteiger partial charge in [0.05, 0.1) is 25.4 Å². The number of aliphatic hydroxyl groups is 2. The Morgan fingerprint density at radius 3 is 0.975 bits per heavy atom. The van der Waals surface area contributed by atoms with Crippen LogP contribution in [-0.2, 0) is 14.3 Å². The van der Waals surface area contributed by atoms with Crippen LogP contribution in [0.2, 0.25) is 0 Å². The van der Waals surface area contributed by atoms with Crippen LogP contribution in [0, 0.1) is 0 Å². The molecule has 6 heteroatoms. The standard InChI is InChI=1S/C74H141NO5/c1-3-5-7-9-11-13-15-17-19-20-36-40-44-48-52-56-60-64-68-74(79)80-69-65-61-57-53-49-45-41-37-34-32-30-28-26-24-22-21-23-25-27-29-31-33-35-39-43-47-51-55-59-63-67-73(78)75-71(70-76)72(77)66-62-58-54-50-46-42-38-18-16-14-12-10-8-6-4-2/h13,15,19-20,22,24,71-72,76-77H,3-12,14,16-18,21,23,25-70H2,1-2H3,(H,75,78)/b15-13-,20-19-,24-22-. The van der Waals surface area contributed by atoms with Gasteiger partial charge in [0, 0.05) is 12.8 Å².